The third kappa shape index (κ3) is 5.12. The van der Waals surface area contributed by atoms with Gasteiger partial charge in [0.25, 0.3) is 0 Å². The number of fused-ring (bicyclic) bond motifs is 8. The average molecular weight is 689 g/mol. The Morgan fingerprint density at radius 3 is 1.11 bits per heavy atom. The van der Waals surface area contributed by atoms with Crippen molar-refractivity contribution >= 4 is 65.4 Å². The van der Waals surface area contributed by atoms with E-state index in [1.165, 1.54) is 0 Å². The molecule has 6 aromatic heterocycles. The van der Waals surface area contributed by atoms with E-state index >= 15 is 0 Å². The number of hydrogen-bond acceptors (Lipinski definition) is 6. The van der Waals surface area contributed by atoms with Gasteiger partial charge in [-0.1, -0.05) is 103 Å². The first-order valence-electron chi connectivity index (χ1n) is 17.9. The van der Waals surface area contributed by atoms with Gasteiger partial charge in [0.05, 0.1) is 55.9 Å². The van der Waals surface area contributed by atoms with Crippen molar-refractivity contribution in [1.82, 2.24) is 29.9 Å². The number of nitrogens with zero attached hydrogens (tertiary/aromatic N) is 6. The van der Waals surface area contributed by atoms with Gasteiger partial charge in [0.15, 0.2) is 0 Å². The summed E-state index contributed by atoms with van der Waals surface area (Å²) in [6, 6.07) is 54.4. The summed E-state index contributed by atoms with van der Waals surface area (Å²) < 4.78 is 0. The van der Waals surface area contributed by atoms with Gasteiger partial charge in [-0.05, 0) is 54.6 Å². The van der Waals surface area contributed by atoms with Gasteiger partial charge in [-0.3, -0.25) is 9.97 Å². The maximum atomic E-state index is 5.15. The van der Waals surface area contributed by atoms with Crippen LogP contribution >= 0.6 is 0 Å². The molecule has 0 saturated carbocycles. The molecule has 6 nitrogen and oxygen atoms in total. The number of aromatic nitrogens is 6. The van der Waals surface area contributed by atoms with Crippen LogP contribution in [0.4, 0.5) is 0 Å². The highest BCUT2D eigenvalue weighted by atomic mass is 14.8. The van der Waals surface area contributed by atoms with E-state index in [1.54, 1.807) is 0 Å². The summed E-state index contributed by atoms with van der Waals surface area (Å²) in [5.74, 6) is 0. The van der Waals surface area contributed by atoms with Gasteiger partial charge in [-0.25, -0.2) is 19.9 Å². The summed E-state index contributed by atoms with van der Waals surface area (Å²) in [6.45, 7) is 0. The van der Waals surface area contributed by atoms with E-state index < -0.39 is 0 Å². The fraction of sp³-hybridized carbons (Fsp3) is 0. The van der Waals surface area contributed by atoms with E-state index in [4.69, 9.17) is 19.9 Å². The van der Waals surface area contributed by atoms with Gasteiger partial charge < -0.3 is 0 Å². The SMILES string of the molecule is c1cc(-c2ccc3ccc(-c4ccc5ccc(-c6ccc7ccc8cccnc8c7n6)cc5n4)cc3n2)cc(-c2ccc3ccc4cccnc4c3n2)c1. The lowest BCUT2D eigenvalue weighted by Crippen LogP contribution is -1.91. The van der Waals surface area contributed by atoms with Crippen LogP contribution in [0.15, 0.2) is 170 Å². The Morgan fingerprint density at radius 2 is 0.630 bits per heavy atom. The molecule has 0 aliphatic carbocycles. The van der Waals surface area contributed by atoms with Crippen LogP contribution in [-0.2, 0) is 0 Å². The van der Waals surface area contributed by atoms with E-state index in [0.29, 0.717) is 0 Å². The van der Waals surface area contributed by atoms with Crippen molar-refractivity contribution in [1.29, 1.82) is 0 Å². The zero-order valence-electron chi connectivity index (χ0n) is 28.8. The van der Waals surface area contributed by atoms with E-state index in [2.05, 4.69) is 156 Å². The molecule has 250 valence electrons. The first kappa shape index (κ1) is 30.2. The van der Waals surface area contributed by atoms with Crippen molar-refractivity contribution in [2.45, 2.75) is 0 Å². The molecule has 0 unspecified atom stereocenters. The molecule has 5 aromatic carbocycles. The van der Waals surface area contributed by atoms with E-state index in [9.17, 15) is 0 Å². The zero-order valence-corrected chi connectivity index (χ0v) is 28.8. The van der Waals surface area contributed by atoms with Crippen molar-refractivity contribution in [2.75, 3.05) is 0 Å². The van der Waals surface area contributed by atoms with Crippen LogP contribution in [-0.4, -0.2) is 29.9 Å². The molecule has 0 saturated heterocycles. The van der Waals surface area contributed by atoms with Crippen molar-refractivity contribution in [3.05, 3.63) is 170 Å². The molecule has 11 rings (SSSR count). The van der Waals surface area contributed by atoms with Crippen molar-refractivity contribution in [3.8, 4) is 45.0 Å². The fourth-order valence-corrected chi connectivity index (χ4v) is 7.48. The first-order chi connectivity index (χ1) is 26.7. The summed E-state index contributed by atoms with van der Waals surface area (Å²) in [5.41, 5.74) is 13.1. The van der Waals surface area contributed by atoms with Crippen LogP contribution < -0.4 is 0 Å². The van der Waals surface area contributed by atoms with Crippen LogP contribution in [0.25, 0.3) is 110 Å². The number of hydrogen-bond donors (Lipinski definition) is 0. The molecule has 0 aliphatic heterocycles. The van der Waals surface area contributed by atoms with E-state index in [-0.39, 0.29) is 0 Å². The lowest BCUT2D eigenvalue weighted by molar-refractivity contribution is 1.36. The van der Waals surface area contributed by atoms with Crippen molar-refractivity contribution in [2.24, 2.45) is 0 Å². The third-order valence-electron chi connectivity index (χ3n) is 10.3. The molecule has 11 aromatic rings. The molecule has 6 heteroatoms. The Balaban J connectivity index is 0.939. The topological polar surface area (TPSA) is 77.3 Å². The van der Waals surface area contributed by atoms with Gasteiger partial charge in [0.2, 0.25) is 0 Å². The zero-order chi connectivity index (χ0) is 35.6. The second kappa shape index (κ2) is 12.1. The van der Waals surface area contributed by atoms with Gasteiger partial charge >= 0.3 is 0 Å². The molecule has 0 N–H and O–H groups in total. The van der Waals surface area contributed by atoms with Crippen LogP contribution in [0.3, 0.4) is 0 Å². The predicted octanol–water partition coefficient (Wildman–Crippen LogP) is 11.6. The summed E-state index contributed by atoms with van der Waals surface area (Å²) in [5, 5.41) is 6.44. The molecule has 0 aliphatic rings. The summed E-state index contributed by atoms with van der Waals surface area (Å²) in [6.07, 6.45) is 3.65. The Bertz CT molecular complexity index is 3300. The molecule has 0 bridgehead atoms. The summed E-state index contributed by atoms with van der Waals surface area (Å²) >= 11 is 0. The highest BCUT2D eigenvalue weighted by Gasteiger charge is 2.12. The Kier molecular flexibility index (Phi) is 6.75. The van der Waals surface area contributed by atoms with E-state index in [1.807, 2.05) is 24.5 Å². The van der Waals surface area contributed by atoms with Crippen LogP contribution in [0.2, 0.25) is 0 Å². The molecule has 0 fully saturated rings. The minimum absolute atomic E-state index is 0.891. The number of pyridine rings is 6. The van der Waals surface area contributed by atoms with E-state index in [0.717, 1.165) is 110 Å². The first-order valence-corrected chi connectivity index (χ1v) is 17.9. The minimum Gasteiger partial charge on any atom is -0.254 e. The second-order valence-corrected chi connectivity index (χ2v) is 13.6. The Morgan fingerprint density at radius 1 is 0.259 bits per heavy atom. The number of benzene rings is 5. The van der Waals surface area contributed by atoms with Gasteiger partial charge in [0.1, 0.15) is 0 Å². The largest absolute Gasteiger partial charge is 0.254 e. The highest BCUT2D eigenvalue weighted by molar-refractivity contribution is 6.04. The molecular weight excluding hydrogens is 661 g/mol. The summed E-state index contributed by atoms with van der Waals surface area (Å²) in [4.78, 5) is 29.7. The predicted molar refractivity (Wildman–Crippen MR) is 220 cm³/mol. The highest BCUT2D eigenvalue weighted by Crippen LogP contribution is 2.32. The maximum absolute atomic E-state index is 5.15. The lowest BCUT2D eigenvalue weighted by atomic mass is 10.0. The quantitative estimate of drug-likeness (QED) is 0.171. The molecule has 54 heavy (non-hydrogen) atoms. The fourth-order valence-electron chi connectivity index (χ4n) is 7.48. The van der Waals surface area contributed by atoms with Gasteiger partial charge in [-0.15, -0.1) is 0 Å². The maximum Gasteiger partial charge on any atom is 0.0972 e. The third-order valence-corrected chi connectivity index (χ3v) is 10.3. The van der Waals surface area contributed by atoms with Gasteiger partial charge in [0, 0.05) is 67.0 Å². The normalized spacial score (nSPS) is 11.7. The van der Waals surface area contributed by atoms with Crippen LogP contribution in [0, 0.1) is 0 Å². The van der Waals surface area contributed by atoms with Crippen LogP contribution in [0.1, 0.15) is 0 Å². The average Bonchev–Trinajstić information content (AvgIpc) is 3.25. The molecule has 6 heterocycles. The molecule has 0 spiro atoms. The summed E-state index contributed by atoms with van der Waals surface area (Å²) in [7, 11) is 0. The van der Waals surface area contributed by atoms with Crippen molar-refractivity contribution < 1.29 is 0 Å². The Labute approximate surface area is 309 Å². The van der Waals surface area contributed by atoms with Gasteiger partial charge in [-0.2, -0.15) is 0 Å². The standard InChI is InChI=1S/C48H28N6/c1-4-35(26-36(5-1)41-22-18-33-12-10-31-6-2-24-49-45(31)47(33)53-41)39-20-16-29-8-14-37(27-43(29)51-39)40-21-17-30-9-15-38(28-44(30)52-40)42-23-19-34-13-11-32-7-3-25-50-46(32)48(34)54-42/h1-28H. The molecule has 0 amide bonds. The molecular formula is C48H28N6. The monoisotopic (exact) mass is 688 g/mol. The smallest absolute Gasteiger partial charge is 0.0972 e. The minimum atomic E-state index is 0.891. The Hall–Kier alpha value is -7.44. The lowest BCUT2D eigenvalue weighted by Gasteiger charge is -2.10. The van der Waals surface area contributed by atoms with Crippen molar-refractivity contribution in [3.63, 3.8) is 0 Å². The molecule has 0 radical (unpaired) electrons. The number of rotatable bonds is 4. The molecule has 0 atom stereocenters. The second-order valence-electron chi connectivity index (χ2n) is 13.6. The van der Waals surface area contributed by atoms with Crippen LogP contribution in [0.5, 0.6) is 0 Å².